The Morgan fingerprint density at radius 3 is 2.86 bits per heavy atom. The lowest BCUT2D eigenvalue weighted by Crippen LogP contribution is -2.41. The monoisotopic (exact) mass is 411 g/mol. The molecule has 3 heterocycles. The molecule has 1 amide bonds. The number of rotatable bonds is 4. The summed E-state index contributed by atoms with van der Waals surface area (Å²) >= 11 is 1.26. The zero-order valence-electron chi connectivity index (χ0n) is 16.6. The number of fused-ring (bicyclic) bond motifs is 1. The summed E-state index contributed by atoms with van der Waals surface area (Å²) in [6.07, 6.45) is 4.58. The van der Waals surface area contributed by atoms with Crippen LogP contribution in [0.2, 0.25) is 0 Å². The Labute approximate surface area is 174 Å². The van der Waals surface area contributed by atoms with Crippen molar-refractivity contribution < 1.29 is 9.53 Å². The number of nitrogens with zero attached hydrogens (tertiary/aromatic N) is 3. The second-order valence-electron chi connectivity index (χ2n) is 7.04. The van der Waals surface area contributed by atoms with Crippen LogP contribution >= 0.6 is 11.8 Å². The van der Waals surface area contributed by atoms with Crippen LogP contribution in [0.1, 0.15) is 25.3 Å². The molecule has 2 aromatic rings. The molecule has 1 fully saturated rings. The van der Waals surface area contributed by atoms with Crippen LogP contribution in [-0.4, -0.2) is 46.9 Å². The number of aromatic nitrogens is 1. The average Bonchev–Trinajstić information content (AvgIpc) is 3.36. The maximum absolute atomic E-state index is 12.7. The summed E-state index contributed by atoms with van der Waals surface area (Å²) in [5, 5.41) is 5.24. The van der Waals surface area contributed by atoms with E-state index in [1.54, 1.807) is 7.05 Å². The summed E-state index contributed by atoms with van der Waals surface area (Å²) in [7, 11) is 1.69. The molecule has 0 unspecified atom stereocenters. The highest BCUT2D eigenvalue weighted by Gasteiger charge is 2.29. The van der Waals surface area contributed by atoms with Crippen molar-refractivity contribution in [3.05, 3.63) is 41.7 Å². The molecule has 1 aromatic heterocycles. The van der Waals surface area contributed by atoms with Gasteiger partial charge in [0.1, 0.15) is 16.6 Å². The minimum absolute atomic E-state index is 0.118. The van der Waals surface area contributed by atoms with E-state index in [2.05, 4.69) is 28.3 Å². The van der Waals surface area contributed by atoms with Gasteiger partial charge in [0, 0.05) is 37.9 Å². The number of hydrogen-bond acceptors (Lipinski definition) is 6. The molecule has 0 bridgehead atoms. The van der Waals surface area contributed by atoms with E-state index in [0.717, 1.165) is 24.8 Å². The highest BCUT2D eigenvalue weighted by molar-refractivity contribution is 8.29. The highest BCUT2D eigenvalue weighted by atomic mass is 32.2. The Bertz CT molecular complexity index is 1030. The normalized spacial score (nSPS) is 20.9. The second-order valence-corrected chi connectivity index (χ2v) is 8.01. The van der Waals surface area contributed by atoms with Crippen molar-refractivity contribution in [1.82, 2.24) is 9.88 Å². The molecule has 2 aliphatic rings. The number of benzene rings is 1. The number of amides is 1. The van der Waals surface area contributed by atoms with Gasteiger partial charge in [-0.05, 0) is 42.7 Å². The quantitative estimate of drug-likeness (QED) is 0.809. The fraction of sp³-hybridized carbons (Fsp3) is 0.381. The molecule has 1 aromatic carbocycles. The van der Waals surface area contributed by atoms with Crippen LogP contribution in [0.3, 0.4) is 0 Å². The van der Waals surface area contributed by atoms with Crippen LogP contribution < -0.4 is 11.1 Å². The molecule has 1 saturated heterocycles. The molecule has 2 aliphatic heterocycles. The fourth-order valence-electron chi connectivity index (χ4n) is 3.66. The SMILES string of the molecule is CCc1cn(/C(N)=C2\N=C(C(=O)NC3CCOCC3)S\C2=N\C)c2ccccc12. The highest BCUT2D eigenvalue weighted by Crippen LogP contribution is 2.31. The fourth-order valence-corrected chi connectivity index (χ4v) is 4.47. The molecule has 3 N–H and O–H groups in total. The van der Waals surface area contributed by atoms with Crippen molar-refractivity contribution in [2.45, 2.75) is 32.2 Å². The Balaban J connectivity index is 1.68. The third kappa shape index (κ3) is 3.82. The number of nitrogens with one attached hydrogen (secondary N) is 1. The van der Waals surface area contributed by atoms with Gasteiger partial charge in [-0.25, -0.2) is 4.99 Å². The molecular weight excluding hydrogens is 386 g/mol. The third-order valence-corrected chi connectivity index (χ3v) is 6.28. The first kappa shape index (κ1) is 19.7. The first-order chi connectivity index (χ1) is 14.1. The first-order valence-electron chi connectivity index (χ1n) is 9.83. The van der Waals surface area contributed by atoms with Gasteiger partial charge in [0.2, 0.25) is 0 Å². The Morgan fingerprint density at radius 2 is 2.14 bits per heavy atom. The first-order valence-corrected chi connectivity index (χ1v) is 10.7. The van der Waals surface area contributed by atoms with Gasteiger partial charge in [0.25, 0.3) is 5.91 Å². The predicted molar refractivity (Wildman–Crippen MR) is 119 cm³/mol. The summed E-state index contributed by atoms with van der Waals surface area (Å²) in [5.41, 5.74) is 9.31. The van der Waals surface area contributed by atoms with E-state index in [1.165, 1.54) is 22.7 Å². The largest absolute Gasteiger partial charge is 0.383 e. The molecule has 4 rings (SSSR count). The van der Waals surface area contributed by atoms with Gasteiger partial charge >= 0.3 is 0 Å². The molecule has 8 heteroatoms. The van der Waals surface area contributed by atoms with E-state index in [4.69, 9.17) is 10.5 Å². The third-order valence-electron chi connectivity index (χ3n) is 5.24. The van der Waals surface area contributed by atoms with Crippen LogP contribution in [0, 0.1) is 0 Å². The molecule has 152 valence electrons. The van der Waals surface area contributed by atoms with Gasteiger partial charge in [0.15, 0.2) is 5.04 Å². The summed E-state index contributed by atoms with van der Waals surface area (Å²) in [5.74, 6) is 0.292. The van der Waals surface area contributed by atoms with Crippen molar-refractivity contribution in [2.24, 2.45) is 15.7 Å². The second kappa shape index (κ2) is 8.42. The molecule has 7 nitrogen and oxygen atoms in total. The Kier molecular flexibility index (Phi) is 5.73. The minimum atomic E-state index is -0.183. The summed E-state index contributed by atoms with van der Waals surface area (Å²) in [6, 6.07) is 8.26. The average molecular weight is 412 g/mol. The smallest absolute Gasteiger partial charge is 0.277 e. The molecule has 0 radical (unpaired) electrons. The van der Waals surface area contributed by atoms with E-state index in [9.17, 15) is 4.79 Å². The van der Waals surface area contributed by atoms with Gasteiger partial charge in [-0.15, -0.1) is 0 Å². The standard InChI is InChI=1S/C21H25N5O2S/c1-3-13-12-26(16-7-5-4-6-15(13)16)18(22)17-20(23-2)29-21(25-17)19(27)24-14-8-10-28-11-9-14/h4-7,12,14H,3,8-11,22H2,1-2H3,(H,24,27)/b18-17-,23-20+. The van der Waals surface area contributed by atoms with Gasteiger partial charge in [0.05, 0.1) is 5.52 Å². The summed E-state index contributed by atoms with van der Waals surface area (Å²) in [4.78, 5) is 21.6. The van der Waals surface area contributed by atoms with E-state index < -0.39 is 0 Å². The van der Waals surface area contributed by atoms with Gasteiger partial charge < -0.3 is 20.4 Å². The van der Waals surface area contributed by atoms with Crippen LogP contribution in [0.15, 0.2) is 46.1 Å². The van der Waals surface area contributed by atoms with Crippen molar-refractivity contribution in [1.29, 1.82) is 0 Å². The van der Waals surface area contributed by atoms with Crippen LogP contribution in [0.25, 0.3) is 16.7 Å². The number of aliphatic imine (C=N–C) groups is 2. The maximum Gasteiger partial charge on any atom is 0.277 e. The van der Waals surface area contributed by atoms with E-state index in [0.29, 0.717) is 34.8 Å². The number of carbonyl (C=O) groups is 1. The van der Waals surface area contributed by atoms with Gasteiger partial charge in [-0.2, -0.15) is 0 Å². The summed E-state index contributed by atoms with van der Waals surface area (Å²) in [6.45, 7) is 3.46. The van der Waals surface area contributed by atoms with Crippen molar-refractivity contribution in [2.75, 3.05) is 20.3 Å². The van der Waals surface area contributed by atoms with Gasteiger partial charge in [-0.1, -0.05) is 25.1 Å². The number of thioether (sulfide) groups is 1. The topological polar surface area (TPSA) is 94.0 Å². The van der Waals surface area contributed by atoms with Crippen molar-refractivity contribution >= 4 is 44.5 Å². The zero-order chi connectivity index (χ0) is 20.4. The summed E-state index contributed by atoms with van der Waals surface area (Å²) < 4.78 is 7.29. The number of para-hydroxylation sites is 1. The number of aryl methyl sites for hydroxylation is 1. The van der Waals surface area contributed by atoms with E-state index in [-0.39, 0.29) is 11.9 Å². The van der Waals surface area contributed by atoms with E-state index in [1.807, 2.05) is 29.0 Å². The van der Waals surface area contributed by atoms with Crippen LogP contribution in [0.4, 0.5) is 0 Å². The zero-order valence-corrected chi connectivity index (χ0v) is 17.5. The molecule has 0 aliphatic carbocycles. The molecule has 0 saturated carbocycles. The number of nitrogens with two attached hydrogens (primary N) is 1. The number of hydrogen-bond donors (Lipinski definition) is 2. The van der Waals surface area contributed by atoms with Crippen LogP contribution in [-0.2, 0) is 16.0 Å². The molecule has 0 spiro atoms. The van der Waals surface area contributed by atoms with Crippen molar-refractivity contribution in [3.8, 4) is 0 Å². The minimum Gasteiger partial charge on any atom is -0.383 e. The number of carbonyl (C=O) groups excluding carboxylic acids is 1. The lowest BCUT2D eigenvalue weighted by Gasteiger charge is -2.22. The van der Waals surface area contributed by atoms with E-state index >= 15 is 0 Å². The Morgan fingerprint density at radius 1 is 1.38 bits per heavy atom. The predicted octanol–water partition coefficient (Wildman–Crippen LogP) is 2.76. The maximum atomic E-state index is 12.7. The number of ether oxygens (including phenoxy) is 1. The molecule has 29 heavy (non-hydrogen) atoms. The van der Waals surface area contributed by atoms with Crippen molar-refractivity contribution in [3.63, 3.8) is 0 Å². The lowest BCUT2D eigenvalue weighted by atomic mass is 10.1. The lowest BCUT2D eigenvalue weighted by molar-refractivity contribution is -0.115. The molecule has 0 atom stereocenters. The Hall–Kier alpha value is -2.58. The molecular formula is C21H25N5O2S. The van der Waals surface area contributed by atoms with Gasteiger partial charge in [-0.3, -0.25) is 9.79 Å². The van der Waals surface area contributed by atoms with Crippen LogP contribution in [0.5, 0.6) is 0 Å².